The third-order valence-corrected chi connectivity index (χ3v) is 3.46. The fourth-order valence-corrected chi connectivity index (χ4v) is 2.49. The topological polar surface area (TPSA) is 86.5 Å². The van der Waals surface area contributed by atoms with Crippen molar-refractivity contribution in [2.75, 3.05) is 12.4 Å². The van der Waals surface area contributed by atoms with E-state index in [-0.39, 0.29) is 29.3 Å². The minimum Gasteiger partial charge on any atom is -0.462 e. The molecule has 2 heterocycles. The number of anilines is 1. The molecule has 1 aliphatic heterocycles. The maximum atomic E-state index is 13.8. The van der Waals surface area contributed by atoms with Crippen molar-refractivity contribution in [3.05, 3.63) is 23.8 Å². The van der Waals surface area contributed by atoms with Crippen LogP contribution >= 0.6 is 0 Å². The molecule has 18 heavy (non-hydrogen) atoms. The Bertz CT molecular complexity index is 536. The zero-order chi connectivity index (χ0) is 12.9. The second-order valence-electron chi connectivity index (χ2n) is 4.61. The predicted molar refractivity (Wildman–Crippen MR) is 60.9 cm³/mol. The van der Waals surface area contributed by atoms with E-state index in [1.54, 1.807) is 0 Å². The number of nitrogens with zero attached hydrogens (tertiary/aromatic N) is 2. The van der Waals surface area contributed by atoms with Crippen molar-refractivity contribution in [3.63, 3.8) is 0 Å². The van der Waals surface area contributed by atoms with Crippen molar-refractivity contribution >= 4 is 11.7 Å². The molecular formula is C11H12F2N4O. The van der Waals surface area contributed by atoms with Gasteiger partial charge in [0.1, 0.15) is 18.3 Å². The molecule has 0 spiro atoms. The second kappa shape index (κ2) is 3.54. The number of nitrogens with two attached hydrogens (primary N) is 2. The highest BCUT2D eigenvalue weighted by molar-refractivity contribution is 5.74. The summed E-state index contributed by atoms with van der Waals surface area (Å²) in [5.41, 5.74) is 10.1. The summed E-state index contributed by atoms with van der Waals surface area (Å²) in [4.78, 5) is 7.50. The van der Waals surface area contributed by atoms with Crippen LogP contribution in [0.3, 0.4) is 0 Å². The molecule has 2 aliphatic rings. The quantitative estimate of drug-likeness (QED) is 0.761. The standard InChI is InChI=1S/C11H12F2N4O/c12-4-11(6-2-8(6)18-10(15)17-11)7-1-5(14)3-16-9(7)13/h1,3,6,8H,2,4,14H2,(H2,15,17)/t6-,8+,11-/m0/s1. The van der Waals surface area contributed by atoms with Gasteiger partial charge in [0.25, 0.3) is 6.02 Å². The summed E-state index contributed by atoms with van der Waals surface area (Å²) in [5, 5.41) is 0. The maximum absolute atomic E-state index is 13.8. The van der Waals surface area contributed by atoms with Gasteiger partial charge in [0.15, 0.2) is 0 Å². The van der Waals surface area contributed by atoms with Gasteiger partial charge in [-0.15, -0.1) is 0 Å². The lowest BCUT2D eigenvalue weighted by molar-refractivity contribution is 0.167. The summed E-state index contributed by atoms with van der Waals surface area (Å²) >= 11 is 0. The van der Waals surface area contributed by atoms with Gasteiger partial charge in [0.2, 0.25) is 5.95 Å². The lowest BCUT2D eigenvalue weighted by Crippen LogP contribution is -2.40. The first-order valence-corrected chi connectivity index (χ1v) is 5.56. The van der Waals surface area contributed by atoms with Crippen molar-refractivity contribution in [2.45, 2.75) is 18.1 Å². The molecule has 0 bridgehead atoms. The molecule has 5 nitrogen and oxygen atoms in total. The molecule has 3 rings (SSSR count). The molecule has 0 unspecified atom stereocenters. The van der Waals surface area contributed by atoms with E-state index in [0.29, 0.717) is 6.42 Å². The number of nitrogen functional groups attached to an aromatic ring is 1. The summed E-state index contributed by atoms with van der Waals surface area (Å²) in [6.45, 7) is -0.861. The van der Waals surface area contributed by atoms with E-state index in [0.717, 1.165) is 0 Å². The third kappa shape index (κ3) is 1.43. The number of rotatable bonds is 2. The number of hydrogen-bond donors (Lipinski definition) is 2. The molecular weight excluding hydrogens is 242 g/mol. The molecule has 4 N–H and O–H groups in total. The molecule has 0 saturated heterocycles. The lowest BCUT2D eigenvalue weighted by atomic mass is 9.86. The van der Waals surface area contributed by atoms with Gasteiger partial charge < -0.3 is 16.2 Å². The lowest BCUT2D eigenvalue weighted by Gasteiger charge is -2.31. The van der Waals surface area contributed by atoms with Gasteiger partial charge in [-0.1, -0.05) is 0 Å². The van der Waals surface area contributed by atoms with Gasteiger partial charge in [-0.3, -0.25) is 0 Å². The summed E-state index contributed by atoms with van der Waals surface area (Å²) < 4.78 is 32.5. The highest BCUT2D eigenvalue weighted by atomic mass is 19.1. The van der Waals surface area contributed by atoms with Crippen LogP contribution in [0.15, 0.2) is 17.3 Å². The summed E-state index contributed by atoms with van der Waals surface area (Å²) in [7, 11) is 0. The van der Waals surface area contributed by atoms with E-state index in [1.807, 2.05) is 0 Å². The molecule has 1 fully saturated rings. The van der Waals surface area contributed by atoms with E-state index in [4.69, 9.17) is 16.2 Å². The first-order chi connectivity index (χ1) is 8.56. The largest absolute Gasteiger partial charge is 0.462 e. The average Bonchev–Trinajstić information content (AvgIpc) is 3.10. The predicted octanol–water partition coefficient (Wildman–Crippen LogP) is 0.701. The maximum Gasteiger partial charge on any atom is 0.283 e. The Morgan fingerprint density at radius 3 is 3.00 bits per heavy atom. The smallest absolute Gasteiger partial charge is 0.283 e. The number of alkyl halides is 1. The number of aliphatic imine (C=N–C) groups is 1. The van der Waals surface area contributed by atoms with E-state index >= 15 is 0 Å². The highest BCUT2D eigenvalue weighted by Gasteiger charge is 2.60. The van der Waals surface area contributed by atoms with Crippen LogP contribution in [0.4, 0.5) is 14.5 Å². The number of fused-ring (bicyclic) bond motifs is 1. The van der Waals surface area contributed by atoms with Crippen LogP contribution in [-0.4, -0.2) is 23.8 Å². The van der Waals surface area contributed by atoms with Crippen LogP contribution in [0.5, 0.6) is 0 Å². The normalized spacial score (nSPS) is 33.3. The summed E-state index contributed by atoms with van der Waals surface area (Å²) in [6.07, 6.45) is 1.59. The van der Waals surface area contributed by atoms with Crippen LogP contribution in [0, 0.1) is 11.9 Å². The average molecular weight is 254 g/mol. The Hall–Kier alpha value is -1.92. The molecule has 1 aromatic heterocycles. The number of ether oxygens (including phenoxy) is 1. The van der Waals surface area contributed by atoms with Crippen LogP contribution < -0.4 is 11.5 Å². The Labute approximate surface area is 102 Å². The number of amidine groups is 1. The number of halogens is 2. The van der Waals surface area contributed by atoms with Crippen LogP contribution in [-0.2, 0) is 10.3 Å². The summed E-state index contributed by atoms with van der Waals surface area (Å²) in [6, 6.07) is 1.24. The van der Waals surface area contributed by atoms with E-state index < -0.39 is 18.2 Å². The number of pyridine rings is 1. The molecule has 3 atom stereocenters. The fourth-order valence-electron chi connectivity index (χ4n) is 2.49. The van der Waals surface area contributed by atoms with Gasteiger partial charge in [-0.25, -0.2) is 14.4 Å². The molecule has 96 valence electrons. The molecule has 0 radical (unpaired) electrons. The zero-order valence-electron chi connectivity index (χ0n) is 9.44. The van der Waals surface area contributed by atoms with E-state index in [2.05, 4.69) is 9.98 Å². The Morgan fingerprint density at radius 1 is 1.50 bits per heavy atom. The van der Waals surface area contributed by atoms with E-state index in [9.17, 15) is 8.78 Å². The van der Waals surface area contributed by atoms with Crippen LogP contribution in [0.1, 0.15) is 12.0 Å². The third-order valence-electron chi connectivity index (χ3n) is 3.46. The van der Waals surface area contributed by atoms with Gasteiger partial charge in [0.05, 0.1) is 11.9 Å². The minimum absolute atomic E-state index is 0.0451. The molecule has 1 saturated carbocycles. The Balaban J connectivity index is 2.16. The van der Waals surface area contributed by atoms with Crippen molar-refractivity contribution < 1.29 is 13.5 Å². The van der Waals surface area contributed by atoms with Crippen molar-refractivity contribution in [2.24, 2.45) is 16.6 Å². The molecule has 0 amide bonds. The van der Waals surface area contributed by atoms with Crippen molar-refractivity contribution in [1.29, 1.82) is 0 Å². The zero-order valence-corrected chi connectivity index (χ0v) is 9.44. The van der Waals surface area contributed by atoms with Crippen molar-refractivity contribution in [3.8, 4) is 0 Å². The van der Waals surface area contributed by atoms with Gasteiger partial charge in [-0.2, -0.15) is 4.39 Å². The highest BCUT2D eigenvalue weighted by Crippen LogP contribution is 2.53. The monoisotopic (exact) mass is 254 g/mol. The van der Waals surface area contributed by atoms with Crippen LogP contribution in [0.25, 0.3) is 0 Å². The molecule has 1 aliphatic carbocycles. The number of aromatic nitrogens is 1. The molecule has 1 aromatic rings. The Kier molecular flexibility index (Phi) is 2.20. The van der Waals surface area contributed by atoms with Gasteiger partial charge >= 0.3 is 0 Å². The molecule has 7 heteroatoms. The van der Waals surface area contributed by atoms with Gasteiger partial charge in [-0.05, 0) is 12.5 Å². The van der Waals surface area contributed by atoms with E-state index in [1.165, 1.54) is 12.3 Å². The van der Waals surface area contributed by atoms with Crippen molar-refractivity contribution in [1.82, 2.24) is 4.98 Å². The number of hydrogen-bond acceptors (Lipinski definition) is 5. The summed E-state index contributed by atoms with van der Waals surface area (Å²) in [5.74, 6) is -0.987. The van der Waals surface area contributed by atoms with Crippen LogP contribution in [0.2, 0.25) is 0 Å². The fraction of sp³-hybridized carbons (Fsp3) is 0.455. The second-order valence-corrected chi connectivity index (χ2v) is 4.61. The van der Waals surface area contributed by atoms with Gasteiger partial charge in [0, 0.05) is 11.5 Å². The first-order valence-electron chi connectivity index (χ1n) is 5.56. The molecule has 0 aromatic carbocycles. The first kappa shape index (κ1) is 11.2. The SMILES string of the molecule is NC1=N[C@](CF)(c2cc(N)cnc2F)[C@H]2C[C@H]2O1. The Morgan fingerprint density at radius 2 is 2.28 bits per heavy atom. The minimum atomic E-state index is -1.35.